The van der Waals surface area contributed by atoms with Crippen LogP contribution in [0.5, 0.6) is 0 Å². The first-order valence-corrected chi connectivity index (χ1v) is 18.0. The van der Waals surface area contributed by atoms with Gasteiger partial charge in [-0.3, -0.25) is 19.0 Å². The Morgan fingerprint density at radius 3 is 2.44 bits per heavy atom. The number of benzene rings is 2. The minimum Gasteiger partial charge on any atom is -0.352 e. The van der Waals surface area contributed by atoms with Crippen LogP contribution >= 0.6 is 23.1 Å². The fourth-order valence-corrected chi connectivity index (χ4v) is 9.49. The minimum absolute atomic E-state index is 0.00551. The molecule has 270 valence electrons. The van der Waals surface area contributed by atoms with E-state index in [4.69, 9.17) is 0 Å². The summed E-state index contributed by atoms with van der Waals surface area (Å²) in [6.45, 7) is 8.68. The predicted molar refractivity (Wildman–Crippen MR) is 193 cm³/mol. The molecule has 1 fully saturated rings. The average molecular weight is 754 g/mol. The number of thioether (sulfide) groups is 1. The number of pyridine rings is 1. The van der Waals surface area contributed by atoms with Crippen LogP contribution < -0.4 is 21.5 Å². The maximum atomic E-state index is 15.4. The lowest BCUT2D eigenvalue weighted by atomic mass is 9.95. The van der Waals surface area contributed by atoms with Crippen LogP contribution in [-0.4, -0.2) is 66.7 Å². The van der Waals surface area contributed by atoms with Gasteiger partial charge >= 0.3 is 11.9 Å². The van der Waals surface area contributed by atoms with Gasteiger partial charge < -0.3 is 19.7 Å². The molecule has 0 bridgehead atoms. The van der Waals surface area contributed by atoms with Gasteiger partial charge in [-0.15, -0.1) is 11.8 Å². The number of hydrogen-bond donors (Lipinski definition) is 1. The number of carbonyl (C=O) groups is 2. The van der Waals surface area contributed by atoms with Crippen LogP contribution in [0.25, 0.3) is 32.2 Å². The van der Waals surface area contributed by atoms with E-state index < -0.39 is 47.3 Å². The molecule has 0 spiro atoms. The molecule has 5 heterocycles. The highest BCUT2D eigenvalue weighted by molar-refractivity contribution is 7.99. The third-order valence-electron chi connectivity index (χ3n) is 9.26. The Bertz CT molecular complexity index is 2410. The van der Waals surface area contributed by atoms with E-state index in [1.165, 1.54) is 34.3 Å². The number of rotatable bonds is 5. The van der Waals surface area contributed by atoms with Crippen LogP contribution in [0.2, 0.25) is 0 Å². The maximum Gasteiger partial charge on any atom is 0.417 e. The van der Waals surface area contributed by atoms with Gasteiger partial charge in [-0.1, -0.05) is 24.0 Å². The number of hydrogen-bond acceptors (Lipinski definition) is 9. The van der Waals surface area contributed by atoms with E-state index in [1.54, 1.807) is 42.0 Å². The Kier molecular flexibility index (Phi) is 8.97. The number of nitrogens with one attached hydrogen (secondary N) is 1. The second-order valence-corrected chi connectivity index (χ2v) is 14.8. The number of fused-ring (bicyclic) bond motifs is 1. The second-order valence-electron chi connectivity index (χ2n) is 12.8. The number of nitrogens with zero attached hydrogens (tertiary/aromatic N) is 6. The number of aromatic nitrogens is 4. The van der Waals surface area contributed by atoms with Crippen molar-refractivity contribution in [3.63, 3.8) is 0 Å². The van der Waals surface area contributed by atoms with Gasteiger partial charge in [0.05, 0.1) is 27.3 Å². The number of amides is 2. The van der Waals surface area contributed by atoms with E-state index in [1.807, 2.05) is 0 Å². The zero-order valence-electron chi connectivity index (χ0n) is 28.0. The number of halogens is 4. The molecule has 2 aliphatic heterocycles. The largest absolute Gasteiger partial charge is 0.417 e. The lowest BCUT2D eigenvalue weighted by Gasteiger charge is -2.44. The summed E-state index contributed by atoms with van der Waals surface area (Å²) in [6.07, 6.45) is -2.19. The normalized spacial score (nSPS) is 19.2. The Morgan fingerprint density at radius 1 is 1.06 bits per heavy atom. The molecule has 1 saturated heterocycles. The summed E-state index contributed by atoms with van der Waals surface area (Å²) in [7, 11) is 0. The van der Waals surface area contributed by atoms with Crippen molar-refractivity contribution in [1.29, 1.82) is 0 Å². The van der Waals surface area contributed by atoms with Crippen molar-refractivity contribution in [2.75, 3.05) is 29.1 Å². The van der Waals surface area contributed by atoms with E-state index in [0.717, 1.165) is 35.2 Å². The number of thiazole rings is 1. The lowest BCUT2D eigenvalue weighted by molar-refractivity contribution is -0.137. The maximum absolute atomic E-state index is 15.4. The van der Waals surface area contributed by atoms with Gasteiger partial charge in [0.25, 0.3) is 5.56 Å². The summed E-state index contributed by atoms with van der Waals surface area (Å²) in [6, 6.07) is 6.36. The quantitative estimate of drug-likeness (QED) is 0.174. The molecule has 0 saturated carbocycles. The molecule has 1 N–H and O–H groups in total. The molecule has 3 aromatic heterocycles. The molecular formula is C35H31F4N7O4S2. The first-order valence-electron chi connectivity index (χ1n) is 16.2. The predicted octanol–water partition coefficient (Wildman–Crippen LogP) is 5.91. The summed E-state index contributed by atoms with van der Waals surface area (Å²) in [5.74, 6) is -1.39. The third kappa shape index (κ3) is 6.04. The highest BCUT2D eigenvalue weighted by atomic mass is 32.2. The Labute approximate surface area is 301 Å². The summed E-state index contributed by atoms with van der Waals surface area (Å²) < 4.78 is 64.2. The topological polar surface area (TPSA) is 122 Å². The van der Waals surface area contributed by atoms with E-state index >= 15 is 17.6 Å². The van der Waals surface area contributed by atoms with Crippen LogP contribution in [0.3, 0.4) is 0 Å². The molecule has 7 rings (SSSR count). The number of carbonyl (C=O) groups excluding carboxylic acids is 2. The first kappa shape index (κ1) is 35.4. The van der Waals surface area contributed by atoms with Gasteiger partial charge in [-0.25, -0.2) is 14.2 Å². The zero-order chi connectivity index (χ0) is 37.2. The molecule has 3 atom stereocenters. The van der Waals surface area contributed by atoms with Crippen molar-refractivity contribution < 1.29 is 27.2 Å². The minimum atomic E-state index is -4.95. The Morgan fingerprint density at radius 2 is 1.79 bits per heavy atom. The van der Waals surface area contributed by atoms with E-state index in [-0.39, 0.29) is 84.9 Å². The first-order chi connectivity index (χ1) is 24.7. The fraction of sp³-hybridized carbons (Fsp3) is 0.314. The van der Waals surface area contributed by atoms with Gasteiger partial charge in [-0.05, 0) is 44.2 Å². The van der Waals surface area contributed by atoms with Crippen molar-refractivity contribution in [3.05, 3.63) is 87.5 Å². The Balaban J connectivity index is 1.54. The number of piperazine rings is 1. The zero-order valence-corrected chi connectivity index (χ0v) is 29.7. The fourth-order valence-electron chi connectivity index (χ4n) is 7.20. The van der Waals surface area contributed by atoms with Gasteiger partial charge in [-0.2, -0.15) is 18.2 Å². The molecular weight excluding hydrogens is 723 g/mol. The lowest BCUT2D eigenvalue weighted by Crippen LogP contribution is -2.58. The molecule has 2 amide bonds. The van der Waals surface area contributed by atoms with Gasteiger partial charge in [0, 0.05) is 78.1 Å². The van der Waals surface area contributed by atoms with E-state index in [2.05, 4.69) is 21.9 Å². The molecule has 0 radical (unpaired) electrons. The SMILES string of the molecule is C=CC(=O)N1[C@H](C)CN(c2nc(=O)n3c4c(c(-c5ccc(F)c6sc(NC(C)=O)nc56)c(C(F)(F)F)cc24)SC[C@@H](n2ccccc2=O)C3)C[C@@H]1C. The summed E-state index contributed by atoms with van der Waals surface area (Å²) in [5, 5.41) is 2.55. The molecule has 17 heteroatoms. The van der Waals surface area contributed by atoms with Crippen LogP contribution in [0.4, 0.5) is 28.5 Å². The summed E-state index contributed by atoms with van der Waals surface area (Å²) in [4.78, 5) is 63.8. The van der Waals surface area contributed by atoms with E-state index in [0.29, 0.717) is 0 Å². The van der Waals surface area contributed by atoms with E-state index in [9.17, 15) is 19.2 Å². The standard InChI is InChI=1S/C35H31F4N7O4S2/c1-5-25(48)46-17(2)13-43(14-18(46)3)32-22-12-23(35(37,38)39)27(21-9-10-24(36)30-28(21)41-33(52-30)40-19(4)47)31-29(22)45(34(50)42-32)15-20(16-51-31)44-11-7-6-8-26(44)49/h5-12,17-18,20H,1,13-16H2,2-4H3,(H,40,41,47)/t17-,18+,20-/m0/s1. The van der Waals surface area contributed by atoms with Crippen molar-refractivity contribution >= 4 is 67.0 Å². The molecule has 11 nitrogen and oxygen atoms in total. The van der Waals surface area contributed by atoms with Crippen LogP contribution in [-0.2, 0) is 22.3 Å². The Hall–Kier alpha value is -5.03. The van der Waals surface area contributed by atoms with Crippen LogP contribution in [0.1, 0.15) is 32.4 Å². The van der Waals surface area contributed by atoms with Crippen molar-refractivity contribution in [1.82, 2.24) is 24.0 Å². The van der Waals surface area contributed by atoms with Crippen molar-refractivity contribution in [3.8, 4) is 11.1 Å². The molecule has 52 heavy (non-hydrogen) atoms. The highest BCUT2D eigenvalue weighted by Crippen LogP contribution is 2.51. The number of anilines is 2. The monoisotopic (exact) mass is 753 g/mol. The molecule has 5 aromatic rings. The highest BCUT2D eigenvalue weighted by Gasteiger charge is 2.40. The summed E-state index contributed by atoms with van der Waals surface area (Å²) in [5.41, 5.74) is -2.43. The van der Waals surface area contributed by atoms with Crippen molar-refractivity contribution in [2.45, 2.75) is 56.5 Å². The molecule has 2 aromatic carbocycles. The molecule has 0 aliphatic carbocycles. The molecule has 0 unspecified atom stereocenters. The van der Waals surface area contributed by atoms with Gasteiger partial charge in [0.1, 0.15) is 11.6 Å². The summed E-state index contributed by atoms with van der Waals surface area (Å²) >= 11 is 1.84. The number of alkyl halides is 3. The van der Waals surface area contributed by atoms with Crippen LogP contribution in [0.15, 0.2) is 69.7 Å². The smallest absolute Gasteiger partial charge is 0.352 e. The third-order valence-corrected chi connectivity index (χ3v) is 11.5. The second kappa shape index (κ2) is 13.2. The van der Waals surface area contributed by atoms with Gasteiger partial charge in [0.15, 0.2) is 5.13 Å². The van der Waals surface area contributed by atoms with Gasteiger partial charge in [0.2, 0.25) is 11.8 Å². The molecule has 2 aliphatic rings. The van der Waals surface area contributed by atoms with Crippen LogP contribution in [0, 0.1) is 5.82 Å². The average Bonchev–Trinajstić information content (AvgIpc) is 3.39. The van der Waals surface area contributed by atoms with Crippen molar-refractivity contribution in [2.24, 2.45) is 0 Å².